The van der Waals surface area contributed by atoms with Gasteiger partial charge in [0.2, 0.25) is 17.9 Å². The molecule has 0 spiro atoms. The van der Waals surface area contributed by atoms with Gasteiger partial charge >= 0.3 is 7.82 Å². The Morgan fingerprint density at radius 3 is 2.40 bits per heavy atom. The molecule has 0 aromatic rings. The van der Waals surface area contributed by atoms with Crippen LogP contribution in [0.5, 0.6) is 0 Å². The molecule has 1 heterocycles. The standard InChI is InChI=1S/C8H16NO10P/c1-3(10)9-8(14)6(12)5(11)4(19-7(8)13)2-18-20(15,16)17/h4-7,11-14H,2H2,1H3,(H,9,10)(H2,15,16,17)/t4-,5-,6+,7?,8-/m1/s1. The number of hydrogen-bond acceptors (Lipinski definition) is 8. The molecule has 1 amide bonds. The molecule has 7 N–H and O–H groups in total. The number of amides is 1. The van der Waals surface area contributed by atoms with E-state index in [4.69, 9.17) is 14.5 Å². The van der Waals surface area contributed by atoms with Gasteiger partial charge in [0.1, 0.15) is 18.3 Å². The van der Waals surface area contributed by atoms with Gasteiger partial charge in [-0.25, -0.2) is 4.57 Å². The average molecular weight is 317 g/mol. The van der Waals surface area contributed by atoms with Gasteiger partial charge < -0.3 is 40.3 Å². The molecule has 0 aliphatic carbocycles. The topological polar surface area (TPSA) is 186 Å². The van der Waals surface area contributed by atoms with Gasteiger partial charge in [-0.1, -0.05) is 0 Å². The first-order valence-electron chi connectivity index (χ1n) is 5.38. The maximum Gasteiger partial charge on any atom is 0.469 e. The molecule has 0 aromatic carbocycles. The summed E-state index contributed by atoms with van der Waals surface area (Å²) in [5, 5.41) is 40.6. The number of nitrogens with one attached hydrogen (secondary N) is 1. The minimum atomic E-state index is -4.84. The van der Waals surface area contributed by atoms with Gasteiger partial charge in [-0.15, -0.1) is 0 Å². The highest BCUT2D eigenvalue weighted by Gasteiger charge is 2.55. The molecule has 11 nitrogen and oxygen atoms in total. The Labute approximate surface area is 113 Å². The van der Waals surface area contributed by atoms with Crippen LogP contribution in [0, 0.1) is 0 Å². The van der Waals surface area contributed by atoms with Crippen molar-refractivity contribution in [2.24, 2.45) is 0 Å². The molecule has 0 aromatic heterocycles. The summed E-state index contributed by atoms with van der Waals surface area (Å²) in [6.07, 6.45) is -7.61. The molecule has 5 atom stereocenters. The Morgan fingerprint density at radius 1 is 1.40 bits per heavy atom. The van der Waals surface area contributed by atoms with Crippen LogP contribution in [-0.4, -0.2) is 73.1 Å². The minimum absolute atomic E-state index is 0.814. The fourth-order valence-electron chi connectivity index (χ4n) is 1.69. The first kappa shape index (κ1) is 17.4. The number of aliphatic hydroxyl groups excluding tert-OH is 3. The number of carbonyl (C=O) groups excluding carboxylic acids is 1. The number of rotatable bonds is 4. The highest BCUT2D eigenvalue weighted by Crippen LogP contribution is 2.37. The lowest BCUT2D eigenvalue weighted by Crippen LogP contribution is -2.73. The summed E-state index contributed by atoms with van der Waals surface area (Å²) < 4.78 is 19.3. The zero-order valence-electron chi connectivity index (χ0n) is 10.3. The van der Waals surface area contributed by atoms with Gasteiger partial charge in [0, 0.05) is 6.92 Å². The van der Waals surface area contributed by atoms with Gasteiger partial charge in [-0.3, -0.25) is 9.32 Å². The number of hydrogen-bond donors (Lipinski definition) is 7. The van der Waals surface area contributed by atoms with E-state index in [-0.39, 0.29) is 0 Å². The van der Waals surface area contributed by atoms with Crippen LogP contribution in [-0.2, 0) is 18.6 Å². The van der Waals surface area contributed by atoms with Crippen LogP contribution in [0.3, 0.4) is 0 Å². The van der Waals surface area contributed by atoms with Crippen molar-refractivity contribution in [3.8, 4) is 0 Å². The van der Waals surface area contributed by atoms with Crippen LogP contribution in [0.2, 0.25) is 0 Å². The molecule has 12 heteroatoms. The predicted molar refractivity (Wildman–Crippen MR) is 59.7 cm³/mol. The summed E-state index contributed by atoms with van der Waals surface area (Å²) in [7, 11) is -4.84. The molecule has 0 radical (unpaired) electrons. The molecule has 1 aliphatic heterocycles. The Bertz CT molecular complexity index is 412. The Kier molecular flexibility index (Phi) is 5.24. The fourth-order valence-corrected chi connectivity index (χ4v) is 2.03. The lowest BCUT2D eigenvalue weighted by atomic mass is 9.93. The molecule has 1 unspecified atom stereocenters. The Balaban J connectivity index is 2.81. The number of phosphoric acid groups is 1. The fraction of sp³-hybridized carbons (Fsp3) is 0.875. The van der Waals surface area contributed by atoms with E-state index in [1.54, 1.807) is 0 Å². The smallest absolute Gasteiger partial charge is 0.387 e. The largest absolute Gasteiger partial charge is 0.469 e. The van der Waals surface area contributed by atoms with Gasteiger partial charge in [-0.2, -0.15) is 0 Å². The van der Waals surface area contributed by atoms with E-state index in [2.05, 4.69) is 4.52 Å². The van der Waals surface area contributed by atoms with Crippen LogP contribution >= 0.6 is 7.82 Å². The van der Waals surface area contributed by atoms with Crippen molar-refractivity contribution in [1.82, 2.24) is 5.32 Å². The van der Waals surface area contributed by atoms with Crippen molar-refractivity contribution in [3.63, 3.8) is 0 Å². The van der Waals surface area contributed by atoms with Crippen molar-refractivity contribution >= 4 is 13.7 Å². The third-order valence-electron chi connectivity index (χ3n) is 2.62. The van der Waals surface area contributed by atoms with E-state index in [1.807, 2.05) is 5.32 Å². The normalized spacial score (nSPS) is 38.5. The molecule has 1 fully saturated rings. The van der Waals surface area contributed by atoms with E-state index in [0.717, 1.165) is 6.92 Å². The summed E-state index contributed by atoms with van der Waals surface area (Å²) >= 11 is 0. The van der Waals surface area contributed by atoms with E-state index in [1.165, 1.54) is 0 Å². The lowest BCUT2D eigenvalue weighted by molar-refractivity contribution is -0.335. The van der Waals surface area contributed by atoms with Crippen LogP contribution in [0.15, 0.2) is 0 Å². The second kappa shape index (κ2) is 6.02. The van der Waals surface area contributed by atoms with Crippen molar-refractivity contribution in [2.75, 3.05) is 6.61 Å². The van der Waals surface area contributed by atoms with E-state index < -0.39 is 50.7 Å². The number of ether oxygens (including phenoxy) is 1. The lowest BCUT2D eigenvalue weighted by Gasteiger charge is -2.46. The second-order valence-electron chi connectivity index (χ2n) is 4.26. The maximum absolute atomic E-state index is 10.9. The molecular formula is C8H16NO10P. The Hall–Kier alpha value is -0.620. The average Bonchev–Trinajstić information content (AvgIpc) is 2.28. The highest BCUT2D eigenvalue weighted by atomic mass is 31.2. The summed E-state index contributed by atoms with van der Waals surface area (Å²) in [6, 6.07) is 0. The minimum Gasteiger partial charge on any atom is -0.387 e. The summed E-state index contributed by atoms with van der Waals surface area (Å²) in [4.78, 5) is 27.9. The quantitative estimate of drug-likeness (QED) is 0.201. The molecule has 1 aliphatic rings. The summed E-state index contributed by atoms with van der Waals surface area (Å²) in [5.74, 6) is -0.814. The third kappa shape index (κ3) is 3.95. The molecule has 0 bridgehead atoms. The van der Waals surface area contributed by atoms with Crippen LogP contribution in [0.1, 0.15) is 6.92 Å². The first-order chi connectivity index (χ1) is 8.97. The van der Waals surface area contributed by atoms with Crippen molar-refractivity contribution in [2.45, 2.75) is 37.3 Å². The monoisotopic (exact) mass is 317 g/mol. The van der Waals surface area contributed by atoms with Gasteiger partial charge in [0.25, 0.3) is 0 Å². The molecular weight excluding hydrogens is 301 g/mol. The summed E-state index contributed by atoms with van der Waals surface area (Å²) in [6.45, 7) is 0.141. The van der Waals surface area contributed by atoms with E-state index in [9.17, 15) is 29.8 Å². The molecule has 20 heavy (non-hydrogen) atoms. The number of phosphoric ester groups is 1. The second-order valence-corrected chi connectivity index (χ2v) is 5.49. The Morgan fingerprint density at radius 2 is 1.95 bits per heavy atom. The van der Waals surface area contributed by atoms with Gasteiger partial charge in [0.15, 0.2) is 0 Å². The van der Waals surface area contributed by atoms with E-state index >= 15 is 0 Å². The van der Waals surface area contributed by atoms with Gasteiger partial charge in [0.05, 0.1) is 6.61 Å². The van der Waals surface area contributed by atoms with Crippen molar-refractivity contribution < 1.29 is 48.8 Å². The summed E-state index contributed by atoms with van der Waals surface area (Å²) in [5.41, 5.74) is -2.66. The van der Waals surface area contributed by atoms with Crippen LogP contribution in [0.25, 0.3) is 0 Å². The molecule has 0 saturated carbocycles. The number of carbonyl (C=O) groups is 1. The van der Waals surface area contributed by atoms with Gasteiger partial charge in [-0.05, 0) is 0 Å². The number of aliphatic hydroxyl groups is 4. The van der Waals surface area contributed by atoms with Crippen LogP contribution in [0.4, 0.5) is 0 Å². The predicted octanol–water partition coefficient (Wildman–Crippen LogP) is -3.64. The van der Waals surface area contributed by atoms with Crippen molar-refractivity contribution in [3.05, 3.63) is 0 Å². The molecule has 1 saturated heterocycles. The first-order valence-corrected chi connectivity index (χ1v) is 6.91. The van der Waals surface area contributed by atoms with E-state index in [0.29, 0.717) is 0 Å². The molecule has 1 rings (SSSR count). The molecule has 118 valence electrons. The zero-order chi connectivity index (χ0) is 15.7. The van der Waals surface area contributed by atoms with Crippen LogP contribution < -0.4 is 5.32 Å². The third-order valence-corrected chi connectivity index (χ3v) is 3.10. The highest BCUT2D eigenvalue weighted by molar-refractivity contribution is 7.46. The SMILES string of the molecule is CC(=O)N[C@]1(O)C(O)O[C@H](COP(=O)(O)O)[C@@H](O)[C@@H]1O. The zero-order valence-corrected chi connectivity index (χ0v) is 11.2. The van der Waals surface area contributed by atoms with Crippen molar-refractivity contribution in [1.29, 1.82) is 0 Å². The maximum atomic E-state index is 10.9.